The second-order valence-electron chi connectivity index (χ2n) is 11.7. The van der Waals surface area contributed by atoms with Gasteiger partial charge < -0.3 is 30.3 Å². The van der Waals surface area contributed by atoms with E-state index in [1.54, 1.807) is 0 Å². The van der Waals surface area contributed by atoms with Gasteiger partial charge >= 0.3 is 6.03 Å². The number of morpholine rings is 1. The van der Waals surface area contributed by atoms with E-state index >= 15 is 0 Å². The van der Waals surface area contributed by atoms with Gasteiger partial charge in [-0.05, 0) is 65.3 Å². The molecule has 0 bridgehead atoms. The third kappa shape index (κ3) is 8.26. The van der Waals surface area contributed by atoms with Gasteiger partial charge in [0.25, 0.3) is 0 Å². The van der Waals surface area contributed by atoms with Crippen LogP contribution in [0.25, 0.3) is 11.1 Å². The van der Waals surface area contributed by atoms with E-state index < -0.39 is 0 Å². The maximum Gasteiger partial charge on any atom is 0.319 e. The van der Waals surface area contributed by atoms with Crippen molar-refractivity contribution < 1.29 is 19.4 Å². The average Bonchev–Trinajstić information content (AvgIpc) is 2.99. The van der Waals surface area contributed by atoms with Gasteiger partial charge in [0, 0.05) is 57.1 Å². The van der Waals surface area contributed by atoms with Crippen molar-refractivity contribution in [3.8, 4) is 16.9 Å². The summed E-state index contributed by atoms with van der Waals surface area (Å²) in [7, 11) is 3.94. The summed E-state index contributed by atoms with van der Waals surface area (Å²) in [5.41, 5.74) is 5.17. The van der Waals surface area contributed by atoms with E-state index in [1.165, 1.54) is 0 Å². The molecule has 3 aromatic carbocycles. The number of aromatic hydroxyl groups is 1. The smallest absolute Gasteiger partial charge is 0.319 e. The number of amides is 3. The Bertz CT molecular complexity index is 1350. The Balaban J connectivity index is 1.34. The van der Waals surface area contributed by atoms with Gasteiger partial charge in [-0.3, -0.25) is 4.79 Å². The largest absolute Gasteiger partial charge is 0.507 e. The van der Waals surface area contributed by atoms with Gasteiger partial charge in [0.2, 0.25) is 5.91 Å². The molecule has 0 saturated carbocycles. The van der Waals surface area contributed by atoms with Crippen LogP contribution in [0.3, 0.4) is 0 Å². The molecule has 224 valence electrons. The van der Waals surface area contributed by atoms with E-state index in [2.05, 4.69) is 30.5 Å². The Morgan fingerprint density at radius 2 is 1.67 bits per heavy atom. The number of anilines is 2. The molecule has 8 nitrogen and oxygen atoms in total. The lowest BCUT2D eigenvalue weighted by molar-refractivity contribution is -0.135. The van der Waals surface area contributed by atoms with Crippen LogP contribution in [0.15, 0.2) is 66.7 Å². The normalized spacial score (nSPS) is 13.5. The molecule has 8 heteroatoms. The molecular formula is C34H44N4O4. The van der Waals surface area contributed by atoms with Crippen molar-refractivity contribution in [1.82, 2.24) is 10.2 Å². The van der Waals surface area contributed by atoms with Crippen LogP contribution in [0.4, 0.5) is 16.2 Å². The highest BCUT2D eigenvalue weighted by molar-refractivity contribution is 5.89. The van der Waals surface area contributed by atoms with Crippen molar-refractivity contribution in [2.24, 2.45) is 0 Å². The lowest BCUT2D eigenvalue weighted by Crippen LogP contribution is -2.40. The van der Waals surface area contributed by atoms with E-state index in [0.717, 1.165) is 47.2 Å². The predicted molar refractivity (Wildman–Crippen MR) is 169 cm³/mol. The minimum atomic E-state index is -0.296. The quantitative estimate of drug-likeness (QED) is 0.240. The van der Waals surface area contributed by atoms with Crippen molar-refractivity contribution >= 4 is 23.3 Å². The standard InChI is InChI=1S/C34H44N4O4/c1-34(2,18-8-7-11-32(40)38-19-21-42-22-20-38)26-12-17-30(31(39)23-26)29-10-6-5-9-25(29)24-35-33(41)36-27-13-15-28(16-14-27)37(3)4/h5-6,9-10,12-17,23,39H,7-8,11,18-22,24H2,1-4H3,(H2,35,36,41). The molecule has 0 unspecified atom stereocenters. The number of benzene rings is 3. The van der Waals surface area contributed by atoms with E-state index in [9.17, 15) is 14.7 Å². The molecule has 4 rings (SSSR count). The maximum atomic E-state index is 12.6. The van der Waals surface area contributed by atoms with Crippen molar-refractivity contribution in [2.75, 3.05) is 50.6 Å². The van der Waals surface area contributed by atoms with Crippen molar-refractivity contribution in [2.45, 2.75) is 51.5 Å². The number of carbonyl (C=O) groups is 2. The van der Waals surface area contributed by atoms with E-state index in [4.69, 9.17) is 4.74 Å². The summed E-state index contributed by atoms with van der Waals surface area (Å²) in [6.45, 7) is 7.29. The van der Waals surface area contributed by atoms with Gasteiger partial charge in [0.15, 0.2) is 0 Å². The molecule has 1 fully saturated rings. The monoisotopic (exact) mass is 572 g/mol. The number of nitrogens with one attached hydrogen (secondary N) is 2. The zero-order valence-electron chi connectivity index (χ0n) is 25.3. The van der Waals surface area contributed by atoms with Crippen LogP contribution in [-0.2, 0) is 21.5 Å². The predicted octanol–water partition coefficient (Wildman–Crippen LogP) is 6.14. The number of ether oxygens (including phenoxy) is 1. The van der Waals surface area contributed by atoms with Crippen LogP contribution in [0.5, 0.6) is 5.75 Å². The number of phenols is 1. The number of unbranched alkanes of at least 4 members (excludes halogenated alkanes) is 1. The lowest BCUT2D eigenvalue weighted by atomic mass is 9.79. The van der Waals surface area contributed by atoms with Crippen molar-refractivity contribution in [3.63, 3.8) is 0 Å². The summed E-state index contributed by atoms with van der Waals surface area (Å²) in [4.78, 5) is 28.9. The molecule has 1 aliphatic heterocycles. The van der Waals surface area contributed by atoms with E-state index in [1.807, 2.05) is 84.6 Å². The molecule has 0 aliphatic carbocycles. The number of urea groups is 1. The summed E-state index contributed by atoms with van der Waals surface area (Å²) in [5, 5.41) is 16.9. The number of nitrogens with zero attached hydrogens (tertiary/aromatic N) is 2. The number of carbonyl (C=O) groups excluding carboxylic acids is 2. The fraction of sp³-hybridized carbons (Fsp3) is 0.412. The molecule has 0 spiro atoms. The summed E-state index contributed by atoms with van der Waals surface area (Å²) >= 11 is 0. The third-order valence-corrected chi connectivity index (χ3v) is 7.97. The first-order valence-electron chi connectivity index (χ1n) is 14.7. The highest BCUT2D eigenvalue weighted by atomic mass is 16.5. The summed E-state index contributed by atoms with van der Waals surface area (Å²) in [6, 6.07) is 21.0. The van der Waals surface area contributed by atoms with Crippen LogP contribution >= 0.6 is 0 Å². The molecule has 0 atom stereocenters. The van der Waals surface area contributed by atoms with Crippen LogP contribution in [0.1, 0.15) is 50.7 Å². The van der Waals surface area contributed by atoms with Crippen LogP contribution in [0, 0.1) is 0 Å². The topological polar surface area (TPSA) is 94.1 Å². The first kappa shape index (κ1) is 30.9. The molecule has 3 aromatic rings. The Morgan fingerprint density at radius 3 is 2.36 bits per heavy atom. The molecule has 42 heavy (non-hydrogen) atoms. The molecular weight excluding hydrogens is 528 g/mol. The van der Waals surface area contributed by atoms with Gasteiger partial charge in [-0.15, -0.1) is 0 Å². The summed E-state index contributed by atoms with van der Waals surface area (Å²) in [6.07, 6.45) is 3.25. The summed E-state index contributed by atoms with van der Waals surface area (Å²) in [5.74, 6) is 0.420. The second-order valence-corrected chi connectivity index (χ2v) is 11.7. The molecule has 3 N–H and O–H groups in total. The highest BCUT2D eigenvalue weighted by Crippen LogP contribution is 2.37. The molecule has 1 aliphatic rings. The highest BCUT2D eigenvalue weighted by Gasteiger charge is 2.23. The van der Waals surface area contributed by atoms with Gasteiger partial charge in [0.1, 0.15) is 5.75 Å². The Kier molecular flexibility index (Phi) is 10.5. The first-order chi connectivity index (χ1) is 20.1. The van der Waals surface area contributed by atoms with Crippen molar-refractivity contribution in [1.29, 1.82) is 0 Å². The number of rotatable bonds is 11. The molecule has 0 radical (unpaired) electrons. The Labute approximate surface area is 249 Å². The Hall–Kier alpha value is -4.04. The fourth-order valence-electron chi connectivity index (χ4n) is 5.27. The van der Waals surface area contributed by atoms with E-state index in [0.29, 0.717) is 45.0 Å². The molecule has 1 heterocycles. The van der Waals surface area contributed by atoms with Crippen LogP contribution in [0.2, 0.25) is 0 Å². The van der Waals surface area contributed by atoms with Gasteiger partial charge in [0.05, 0.1) is 13.2 Å². The zero-order valence-corrected chi connectivity index (χ0v) is 25.3. The number of phenolic OH excluding ortho intramolecular Hbond substituents is 1. The minimum Gasteiger partial charge on any atom is -0.507 e. The average molecular weight is 573 g/mol. The number of hydrogen-bond donors (Lipinski definition) is 3. The molecule has 0 aromatic heterocycles. The summed E-state index contributed by atoms with van der Waals surface area (Å²) < 4.78 is 5.34. The van der Waals surface area contributed by atoms with E-state index in [-0.39, 0.29) is 23.1 Å². The lowest BCUT2D eigenvalue weighted by Gasteiger charge is -2.28. The fourth-order valence-corrected chi connectivity index (χ4v) is 5.27. The SMILES string of the molecule is CN(C)c1ccc(NC(=O)NCc2ccccc2-c2ccc(C(C)(C)CCCCC(=O)N3CCOCC3)cc2O)cc1. The third-order valence-electron chi connectivity index (χ3n) is 7.97. The van der Waals surface area contributed by atoms with Gasteiger partial charge in [-0.2, -0.15) is 0 Å². The molecule has 1 saturated heterocycles. The van der Waals surface area contributed by atoms with Gasteiger partial charge in [-0.25, -0.2) is 4.79 Å². The van der Waals surface area contributed by atoms with Crippen LogP contribution < -0.4 is 15.5 Å². The van der Waals surface area contributed by atoms with Gasteiger partial charge in [-0.1, -0.05) is 56.7 Å². The maximum absolute atomic E-state index is 12.6. The van der Waals surface area contributed by atoms with Crippen molar-refractivity contribution in [3.05, 3.63) is 77.9 Å². The second kappa shape index (κ2) is 14.2. The first-order valence-corrected chi connectivity index (χ1v) is 14.7. The molecule has 3 amide bonds. The zero-order chi connectivity index (χ0) is 30.1. The van der Waals surface area contributed by atoms with Crippen LogP contribution in [-0.4, -0.2) is 62.3 Å². The Morgan fingerprint density at radius 1 is 0.952 bits per heavy atom. The minimum absolute atomic E-state index is 0.151. The number of hydrogen-bond acceptors (Lipinski definition) is 5.